The van der Waals surface area contributed by atoms with E-state index < -0.39 is 0 Å². The van der Waals surface area contributed by atoms with E-state index in [0.29, 0.717) is 0 Å². The molecular weight excluding hydrogens is 334 g/mol. The Morgan fingerprint density at radius 1 is 1.08 bits per heavy atom. The fourth-order valence-electron chi connectivity index (χ4n) is 2.86. The van der Waals surface area contributed by atoms with Crippen molar-refractivity contribution in [3.05, 3.63) is 70.4 Å². The minimum absolute atomic E-state index is 0.0704. The summed E-state index contributed by atoms with van der Waals surface area (Å²) in [5.74, 6) is 1.39. The average molecular weight is 351 g/mol. The first kappa shape index (κ1) is 15.7. The highest BCUT2D eigenvalue weighted by Gasteiger charge is 2.19. The molecule has 5 heteroatoms. The lowest BCUT2D eigenvalue weighted by Gasteiger charge is -2.15. The molecule has 0 fully saturated rings. The van der Waals surface area contributed by atoms with Gasteiger partial charge in [-0.15, -0.1) is 11.3 Å². The van der Waals surface area contributed by atoms with E-state index >= 15 is 0 Å². The number of fused-ring (bicyclic) bond motifs is 1. The summed E-state index contributed by atoms with van der Waals surface area (Å²) in [4.78, 5) is 13.5. The van der Waals surface area contributed by atoms with E-state index in [-0.39, 0.29) is 18.7 Å². The topological polar surface area (TPSA) is 47.6 Å². The molecule has 0 aliphatic carbocycles. The van der Waals surface area contributed by atoms with Crippen molar-refractivity contribution in [2.75, 3.05) is 6.79 Å². The molecule has 1 atom stereocenters. The molecule has 0 saturated carbocycles. The molecule has 0 saturated heterocycles. The molecule has 1 N–H and O–H groups in total. The van der Waals surface area contributed by atoms with Crippen LogP contribution in [0.15, 0.2) is 60.0 Å². The van der Waals surface area contributed by atoms with Crippen LogP contribution in [0, 0.1) is 0 Å². The molecule has 0 radical (unpaired) electrons. The predicted octanol–water partition coefficient (Wildman–Crippen LogP) is 4.63. The number of rotatable bonds is 4. The van der Waals surface area contributed by atoms with Crippen LogP contribution in [0.3, 0.4) is 0 Å². The van der Waals surface area contributed by atoms with Crippen molar-refractivity contribution < 1.29 is 14.3 Å². The van der Waals surface area contributed by atoms with Crippen LogP contribution in [0.25, 0.3) is 11.1 Å². The van der Waals surface area contributed by atoms with Crippen LogP contribution < -0.4 is 14.8 Å². The zero-order valence-electron chi connectivity index (χ0n) is 13.7. The second kappa shape index (κ2) is 6.61. The first-order valence-electron chi connectivity index (χ1n) is 8.05. The maximum atomic E-state index is 12.8. The Morgan fingerprint density at radius 3 is 2.72 bits per heavy atom. The quantitative estimate of drug-likeness (QED) is 0.745. The van der Waals surface area contributed by atoms with Gasteiger partial charge in [-0.2, -0.15) is 0 Å². The van der Waals surface area contributed by atoms with Crippen molar-refractivity contribution in [1.82, 2.24) is 5.32 Å². The van der Waals surface area contributed by atoms with Crippen LogP contribution in [-0.4, -0.2) is 12.7 Å². The number of carbonyl (C=O) groups excluding carboxylic acids is 1. The Bertz CT molecular complexity index is 904. The summed E-state index contributed by atoms with van der Waals surface area (Å²) >= 11 is 1.45. The van der Waals surface area contributed by atoms with Gasteiger partial charge < -0.3 is 14.8 Å². The highest BCUT2D eigenvalue weighted by Crippen LogP contribution is 2.34. The van der Waals surface area contributed by atoms with E-state index in [1.807, 2.05) is 66.9 Å². The Morgan fingerprint density at radius 2 is 1.88 bits per heavy atom. The first-order chi connectivity index (χ1) is 12.2. The third kappa shape index (κ3) is 3.10. The minimum Gasteiger partial charge on any atom is -0.454 e. The van der Waals surface area contributed by atoms with Crippen LogP contribution in [0.2, 0.25) is 0 Å². The summed E-state index contributed by atoms with van der Waals surface area (Å²) in [5, 5.41) is 5.02. The van der Waals surface area contributed by atoms with Crippen LogP contribution in [0.5, 0.6) is 11.5 Å². The number of amides is 1. The van der Waals surface area contributed by atoms with E-state index in [4.69, 9.17) is 9.47 Å². The van der Waals surface area contributed by atoms with Crippen LogP contribution in [-0.2, 0) is 0 Å². The molecule has 1 amide bonds. The van der Waals surface area contributed by atoms with Crippen LogP contribution >= 0.6 is 11.3 Å². The van der Waals surface area contributed by atoms with Gasteiger partial charge >= 0.3 is 0 Å². The Labute approximate surface area is 150 Å². The molecular formula is C20H17NO3S. The molecule has 0 spiro atoms. The molecule has 2 heterocycles. The summed E-state index contributed by atoms with van der Waals surface area (Å²) in [6.45, 7) is 2.21. The number of ether oxygens (including phenoxy) is 2. The molecule has 3 aromatic rings. The van der Waals surface area contributed by atoms with E-state index in [9.17, 15) is 4.79 Å². The normalized spacial score (nSPS) is 13.5. The molecule has 2 aromatic carbocycles. The van der Waals surface area contributed by atoms with Gasteiger partial charge in [0.05, 0.1) is 10.9 Å². The zero-order valence-corrected chi connectivity index (χ0v) is 14.5. The van der Waals surface area contributed by atoms with Gasteiger partial charge in [0.2, 0.25) is 6.79 Å². The Hall–Kier alpha value is -2.79. The minimum atomic E-state index is -0.132. The Balaban J connectivity index is 1.54. The molecule has 4 rings (SSSR count). The van der Waals surface area contributed by atoms with Crippen molar-refractivity contribution in [2.24, 2.45) is 0 Å². The lowest BCUT2D eigenvalue weighted by Crippen LogP contribution is -2.26. The second-order valence-corrected chi connectivity index (χ2v) is 6.75. The average Bonchev–Trinajstić information content (AvgIpc) is 3.31. The monoisotopic (exact) mass is 351 g/mol. The summed E-state index contributed by atoms with van der Waals surface area (Å²) in [5.41, 5.74) is 2.99. The third-order valence-corrected chi connectivity index (χ3v) is 5.11. The lowest BCUT2D eigenvalue weighted by molar-refractivity contribution is 0.0944. The van der Waals surface area contributed by atoms with E-state index in [2.05, 4.69) is 5.32 Å². The fourth-order valence-corrected chi connectivity index (χ4v) is 3.68. The lowest BCUT2D eigenvalue weighted by atomic mass is 10.1. The van der Waals surface area contributed by atoms with E-state index in [1.54, 1.807) is 0 Å². The van der Waals surface area contributed by atoms with Gasteiger partial charge in [-0.25, -0.2) is 0 Å². The molecule has 1 unspecified atom stereocenters. The van der Waals surface area contributed by atoms with Crippen LogP contribution in [0.4, 0.5) is 0 Å². The molecule has 126 valence electrons. The molecule has 0 bridgehead atoms. The fraction of sp³-hybridized carbons (Fsp3) is 0.150. The largest absolute Gasteiger partial charge is 0.454 e. The SMILES string of the molecule is CC(NC(=O)c1sccc1-c1ccccc1)c1ccc2c(c1)OCO2. The summed E-state index contributed by atoms with van der Waals surface area (Å²) < 4.78 is 10.7. The summed E-state index contributed by atoms with van der Waals surface area (Å²) in [6, 6.07) is 17.5. The van der Waals surface area contributed by atoms with Gasteiger partial charge in [0.15, 0.2) is 11.5 Å². The van der Waals surface area contributed by atoms with Gasteiger partial charge in [-0.05, 0) is 41.6 Å². The number of nitrogens with one attached hydrogen (secondary N) is 1. The molecule has 4 nitrogen and oxygen atoms in total. The maximum absolute atomic E-state index is 12.8. The Kier molecular flexibility index (Phi) is 4.15. The second-order valence-electron chi connectivity index (χ2n) is 5.84. The van der Waals surface area contributed by atoms with Gasteiger partial charge in [0, 0.05) is 5.56 Å². The van der Waals surface area contributed by atoms with Crippen molar-refractivity contribution in [3.63, 3.8) is 0 Å². The number of hydrogen-bond acceptors (Lipinski definition) is 4. The van der Waals surface area contributed by atoms with Crippen molar-refractivity contribution >= 4 is 17.2 Å². The van der Waals surface area contributed by atoms with Crippen molar-refractivity contribution in [3.8, 4) is 22.6 Å². The zero-order chi connectivity index (χ0) is 17.2. The van der Waals surface area contributed by atoms with Crippen molar-refractivity contribution in [2.45, 2.75) is 13.0 Å². The first-order valence-corrected chi connectivity index (χ1v) is 8.93. The van der Waals surface area contributed by atoms with E-state index in [0.717, 1.165) is 33.1 Å². The number of hydrogen-bond donors (Lipinski definition) is 1. The van der Waals surface area contributed by atoms with Crippen LogP contribution in [0.1, 0.15) is 28.2 Å². The molecule has 25 heavy (non-hydrogen) atoms. The van der Waals surface area contributed by atoms with Gasteiger partial charge in [-0.1, -0.05) is 36.4 Å². The van der Waals surface area contributed by atoms with Gasteiger partial charge in [0.25, 0.3) is 5.91 Å². The summed E-state index contributed by atoms with van der Waals surface area (Å²) in [6.07, 6.45) is 0. The highest BCUT2D eigenvalue weighted by atomic mass is 32.1. The smallest absolute Gasteiger partial charge is 0.262 e. The number of thiophene rings is 1. The van der Waals surface area contributed by atoms with Crippen molar-refractivity contribution in [1.29, 1.82) is 0 Å². The summed E-state index contributed by atoms with van der Waals surface area (Å²) in [7, 11) is 0. The van der Waals surface area contributed by atoms with E-state index in [1.165, 1.54) is 11.3 Å². The highest BCUT2D eigenvalue weighted by molar-refractivity contribution is 7.12. The van der Waals surface area contributed by atoms with Gasteiger partial charge in [-0.3, -0.25) is 4.79 Å². The molecule has 1 aliphatic rings. The number of benzene rings is 2. The van der Waals surface area contributed by atoms with Gasteiger partial charge in [0.1, 0.15) is 0 Å². The molecule has 1 aliphatic heterocycles. The standard InChI is InChI=1S/C20H17NO3S/c1-13(15-7-8-17-18(11-15)24-12-23-17)21-20(22)19-16(9-10-25-19)14-5-3-2-4-6-14/h2-11,13H,12H2,1H3,(H,21,22). The molecule has 1 aromatic heterocycles. The predicted molar refractivity (Wildman–Crippen MR) is 98.2 cm³/mol. The maximum Gasteiger partial charge on any atom is 0.262 e. The third-order valence-electron chi connectivity index (χ3n) is 4.20. The number of carbonyl (C=O) groups is 1.